The SMILES string of the molecule is CCCCS(=O)(=O)N1CCCC(C(=O)Nc2ccc(Cl)cc2)C1. The molecule has 1 aromatic rings. The van der Waals surface area contributed by atoms with E-state index in [1.54, 1.807) is 24.3 Å². The number of benzene rings is 1. The third-order valence-corrected chi connectivity index (χ3v) is 6.19. The van der Waals surface area contributed by atoms with Gasteiger partial charge in [0.15, 0.2) is 0 Å². The van der Waals surface area contributed by atoms with Crippen molar-refractivity contribution in [3.63, 3.8) is 0 Å². The van der Waals surface area contributed by atoms with Gasteiger partial charge in [0.1, 0.15) is 0 Å². The van der Waals surface area contributed by atoms with Crippen LogP contribution in [0, 0.1) is 5.92 Å². The molecule has 2 rings (SSSR count). The maximum Gasteiger partial charge on any atom is 0.228 e. The van der Waals surface area contributed by atoms with E-state index in [4.69, 9.17) is 11.6 Å². The number of nitrogens with one attached hydrogen (secondary N) is 1. The normalized spacial score (nSPS) is 19.5. The summed E-state index contributed by atoms with van der Waals surface area (Å²) < 4.78 is 26.0. The lowest BCUT2D eigenvalue weighted by Crippen LogP contribution is -2.44. The van der Waals surface area contributed by atoms with E-state index >= 15 is 0 Å². The predicted octanol–water partition coefficient (Wildman–Crippen LogP) is 3.12. The summed E-state index contributed by atoms with van der Waals surface area (Å²) >= 11 is 5.82. The number of halogens is 1. The first kappa shape index (κ1) is 18.2. The van der Waals surface area contributed by atoms with E-state index < -0.39 is 10.0 Å². The molecule has 1 heterocycles. The number of unbranched alkanes of at least 4 members (excludes halogenated alkanes) is 1. The molecule has 1 saturated heterocycles. The van der Waals surface area contributed by atoms with Gasteiger partial charge in [-0.2, -0.15) is 0 Å². The highest BCUT2D eigenvalue weighted by molar-refractivity contribution is 7.89. The Hall–Kier alpha value is -1.11. The molecule has 1 fully saturated rings. The number of carbonyl (C=O) groups is 1. The molecule has 0 spiro atoms. The van der Waals surface area contributed by atoms with Gasteiger partial charge in [-0.1, -0.05) is 24.9 Å². The second-order valence-electron chi connectivity index (χ2n) is 5.86. The van der Waals surface area contributed by atoms with Gasteiger partial charge in [-0.05, 0) is 43.5 Å². The van der Waals surface area contributed by atoms with E-state index in [1.807, 2.05) is 6.92 Å². The largest absolute Gasteiger partial charge is 0.326 e. The van der Waals surface area contributed by atoms with Crippen LogP contribution in [0.25, 0.3) is 0 Å². The van der Waals surface area contributed by atoms with E-state index in [-0.39, 0.29) is 24.1 Å². The average molecular weight is 359 g/mol. The van der Waals surface area contributed by atoms with E-state index in [2.05, 4.69) is 5.32 Å². The van der Waals surface area contributed by atoms with Gasteiger partial charge < -0.3 is 5.32 Å². The molecule has 0 radical (unpaired) electrons. The Kier molecular flexibility index (Phi) is 6.44. The lowest BCUT2D eigenvalue weighted by atomic mass is 9.99. The number of sulfonamides is 1. The van der Waals surface area contributed by atoms with E-state index in [1.165, 1.54) is 4.31 Å². The molecule has 1 amide bonds. The minimum absolute atomic E-state index is 0.136. The molecule has 1 unspecified atom stereocenters. The smallest absolute Gasteiger partial charge is 0.228 e. The molecular weight excluding hydrogens is 336 g/mol. The Labute approximate surface area is 143 Å². The number of anilines is 1. The third kappa shape index (κ3) is 5.19. The van der Waals surface area contributed by atoms with E-state index in [9.17, 15) is 13.2 Å². The van der Waals surface area contributed by atoms with E-state index in [0.717, 1.165) is 6.42 Å². The van der Waals surface area contributed by atoms with Gasteiger partial charge >= 0.3 is 0 Å². The molecule has 23 heavy (non-hydrogen) atoms. The quantitative estimate of drug-likeness (QED) is 0.849. The Bertz CT molecular complexity index is 631. The minimum atomic E-state index is -3.25. The lowest BCUT2D eigenvalue weighted by molar-refractivity contribution is -0.120. The van der Waals surface area contributed by atoms with Crippen LogP contribution in [0.5, 0.6) is 0 Å². The van der Waals surface area contributed by atoms with Crippen LogP contribution in [-0.4, -0.2) is 37.5 Å². The number of carbonyl (C=O) groups excluding carboxylic acids is 1. The molecule has 0 aromatic heterocycles. The fourth-order valence-corrected chi connectivity index (χ4v) is 4.49. The van der Waals surface area contributed by atoms with Crippen LogP contribution < -0.4 is 5.32 Å². The molecule has 1 N–H and O–H groups in total. The van der Waals surface area contributed by atoms with Crippen LogP contribution in [0.2, 0.25) is 5.02 Å². The molecule has 0 saturated carbocycles. The summed E-state index contributed by atoms with van der Waals surface area (Å²) in [6.07, 6.45) is 2.91. The van der Waals surface area contributed by atoms with Crippen LogP contribution in [0.3, 0.4) is 0 Å². The first-order valence-corrected chi connectivity index (χ1v) is 9.95. The van der Waals surface area contributed by atoms with Crippen molar-refractivity contribution in [2.24, 2.45) is 5.92 Å². The highest BCUT2D eigenvalue weighted by Gasteiger charge is 2.31. The highest BCUT2D eigenvalue weighted by atomic mass is 35.5. The molecule has 1 aliphatic rings. The van der Waals surface area contributed by atoms with Crippen molar-refractivity contribution in [2.75, 3.05) is 24.2 Å². The summed E-state index contributed by atoms with van der Waals surface area (Å²) in [7, 11) is -3.25. The third-order valence-electron chi connectivity index (χ3n) is 4.02. The summed E-state index contributed by atoms with van der Waals surface area (Å²) in [5.41, 5.74) is 0.672. The van der Waals surface area contributed by atoms with Crippen molar-refractivity contribution < 1.29 is 13.2 Å². The molecule has 1 atom stereocenters. The zero-order chi connectivity index (χ0) is 16.9. The maximum atomic E-state index is 12.4. The van der Waals surface area contributed by atoms with Crippen molar-refractivity contribution in [1.82, 2.24) is 4.31 Å². The predicted molar refractivity (Wildman–Crippen MR) is 93.1 cm³/mol. The van der Waals surface area contributed by atoms with Gasteiger partial charge in [-0.15, -0.1) is 0 Å². The number of hydrogen-bond donors (Lipinski definition) is 1. The summed E-state index contributed by atoms with van der Waals surface area (Å²) in [6, 6.07) is 6.89. The molecule has 1 aliphatic heterocycles. The highest BCUT2D eigenvalue weighted by Crippen LogP contribution is 2.22. The number of rotatable bonds is 6. The molecule has 1 aromatic carbocycles. The molecule has 128 valence electrons. The standard InChI is InChI=1S/C16H23ClN2O3S/c1-2-3-11-23(21,22)19-10-4-5-13(12-19)16(20)18-15-8-6-14(17)7-9-15/h6-9,13H,2-5,10-12H2,1H3,(H,18,20). The first-order chi connectivity index (χ1) is 10.9. The average Bonchev–Trinajstić information content (AvgIpc) is 2.55. The van der Waals surface area contributed by atoms with Gasteiger partial charge in [0.05, 0.1) is 11.7 Å². The van der Waals surface area contributed by atoms with Crippen LogP contribution in [0.15, 0.2) is 24.3 Å². The van der Waals surface area contributed by atoms with Crippen LogP contribution in [0.4, 0.5) is 5.69 Å². The van der Waals surface area contributed by atoms with Gasteiger partial charge in [0, 0.05) is 23.8 Å². The van der Waals surface area contributed by atoms with Crippen LogP contribution in [0.1, 0.15) is 32.6 Å². The van der Waals surface area contributed by atoms with Crippen molar-refractivity contribution in [3.05, 3.63) is 29.3 Å². The van der Waals surface area contributed by atoms with E-state index in [0.29, 0.717) is 36.5 Å². The first-order valence-electron chi connectivity index (χ1n) is 7.96. The second kappa shape index (κ2) is 8.13. The van der Waals surface area contributed by atoms with Crippen molar-refractivity contribution in [3.8, 4) is 0 Å². The van der Waals surface area contributed by atoms with Crippen molar-refractivity contribution in [1.29, 1.82) is 0 Å². The van der Waals surface area contributed by atoms with Gasteiger partial charge in [0.25, 0.3) is 0 Å². The number of amides is 1. The fraction of sp³-hybridized carbons (Fsp3) is 0.562. The van der Waals surface area contributed by atoms with Crippen molar-refractivity contribution in [2.45, 2.75) is 32.6 Å². The molecule has 7 heteroatoms. The molecule has 0 aliphatic carbocycles. The van der Waals surface area contributed by atoms with Crippen LogP contribution >= 0.6 is 11.6 Å². The Morgan fingerprint density at radius 3 is 2.70 bits per heavy atom. The zero-order valence-corrected chi connectivity index (χ0v) is 14.9. The zero-order valence-electron chi connectivity index (χ0n) is 13.3. The summed E-state index contributed by atoms with van der Waals surface area (Å²) in [4.78, 5) is 12.4. The fourth-order valence-electron chi connectivity index (χ4n) is 2.64. The Balaban J connectivity index is 1.97. The Morgan fingerprint density at radius 2 is 2.04 bits per heavy atom. The van der Waals surface area contributed by atoms with Gasteiger partial charge in [-0.25, -0.2) is 12.7 Å². The van der Waals surface area contributed by atoms with Gasteiger partial charge in [0.2, 0.25) is 15.9 Å². The summed E-state index contributed by atoms with van der Waals surface area (Å²) in [5, 5.41) is 3.44. The minimum Gasteiger partial charge on any atom is -0.326 e. The molecular formula is C16H23ClN2O3S. The molecule has 0 bridgehead atoms. The summed E-state index contributed by atoms with van der Waals surface area (Å²) in [5.74, 6) is -0.284. The monoisotopic (exact) mass is 358 g/mol. The van der Waals surface area contributed by atoms with Crippen LogP contribution in [-0.2, 0) is 14.8 Å². The summed E-state index contributed by atoms with van der Waals surface area (Å²) in [6.45, 7) is 2.75. The number of nitrogens with zero attached hydrogens (tertiary/aromatic N) is 1. The molecule has 5 nitrogen and oxygen atoms in total. The van der Waals surface area contributed by atoms with Crippen molar-refractivity contribution >= 4 is 33.2 Å². The maximum absolute atomic E-state index is 12.4. The topological polar surface area (TPSA) is 66.5 Å². The Morgan fingerprint density at radius 1 is 1.35 bits per heavy atom. The van der Waals surface area contributed by atoms with Gasteiger partial charge in [-0.3, -0.25) is 4.79 Å². The number of hydrogen-bond acceptors (Lipinski definition) is 3. The second-order valence-corrected chi connectivity index (χ2v) is 8.39. The number of piperidine rings is 1. The lowest BCUT2D eigenvalue weighted by Gasteiger charge is -2.31.